The van der Waals surface area contributed by atoms with Crippen LogP contribution in [0.4, 0.5) is 0 Å². The highest BCUT2D eigenvalue weighted by molar-refractivity contribution is 6.01. The van der Waals surface area contributed by atoms with Crippen LogP contribution in [-0.4, -0.2) is 27.4 Å². The fourth-order valence-electron chi connectivity index (χ4n) is 3.36. The second-order valence-corrected chi connectivity index (χ2v) is 7.13. The Bertz CT molecular complexity index is 1250. The predicted molar refractivity (Wildman–Crippen MR) is 108 cm³/mol. The van der Waals surface area contributed by atoms with Crippen molar-refractivity contribution in [3.63, 3.8) is 0 Å². The van der Waals surface area contributed by atoms with E-state index in [-0.39, 0.29) is 23.6 Å². The highest BCUT2D eigenvalue weighted by Gasteiger charge is 2.16. The molecular formula is C22H21N3O3. The van der Waals surface area contributed by atoms with Gasteiger partial charge in [-0.3, -0.25) is 14.2 Å². The first-order valence-corrected chi connectivity index (χ1v) is 9.11. The van der Waals surface area contributed by atoms with Gasteiger partial charge < -0.3 is 9.32 Å². The number of likely N-dealkylation sites (N-methyl/N-ethyl adjacent to an activating group) is 1. The number of hydrogen-bond donors (Lipinski definition) is 0. The van der Waals surface area contributed by atoms with Crippen molar-refractivity contribution >= 4 is 28.0 Å². The molecular weight excluding hydrogens is 354 g/mol. The number of fused-ring (bicyclic) bond motifs is 3. The first kappa shape index (κ1) is 18.0. The first-order chi connectivity index (χ1) is 13.4. The summed E-state index contributed by atoms with van der Waals surface area (Å²) in [5.74, 6) is -0.167. The minimum absolute atomic E-state index is 0.0831. The van der Waals surface area contributed by atoms with E-state index in [2.05, 4.69) is 11.1 Å². The summed E-state index contributed by atoms with van der Waals surface area (Å²) in [6.07, 6.45) is 1.41. The standard InChI is InChI=1S/C22H21N3O3/c1-14-8-9-16(15(2)10-14)11-24(3)19(26)12-25-13-23-20-17-6-4-5-7-18(17)28-21(20)22(25)27/h4-10,13H,11-12H2,1-3H3. The van der Waals surface area contributed by atoms with Crippen LogP contribution in [0.1, 0.15) is 16.7 Å². The second-order valence-electron chi connectivity index (χ2n) is 7.13. The molecule has 0 radical (unpaired) electrons. The van der Waals surface area contributed by atoms with E-state index in [1.165, 1.54) is 16.5 Å². The number of furan rings is 1. The van der Waals surface area contributed by atoms with Gasteiger partial charge in [0.2, 0.25) is 11.5 Å². The van der Waals surface area contributed by atoms with Crippen molar-refractivity contribution in [2.45, 2.75) is 26.9 Å². The SMILES string of the molecule is Cc1ccc(CN(C)C(=O)Cn2cnc3c(oc4ccccc43)c2=O)c(C)c1. The third kappa shape index (κ3) is 3.17. The number of rotatable bonds is 4. The maximum Gasteiger partial charge on any atom is 0.297 e. The Labute approximate surface area is 162 Å². The first-order valence-electron chi connectivity index (χ1n) is 9.11. The van der Waals surface area contributed by atoms with Crippen molar-refractivity contribution in [3.05, 3.63) is 75.8 Å². The lowest BCUT2D eigenvalue weighted by atomic mass is 10.1. The Morgan fingerprint density at radius 2 is 1.96 bits per heavy atom. The van der Waals surface area contributed by atoms with E-state index in [4.69, 9.17) is 4.42 Å². The van der Waals surface area contributed by atoms with Crippen molar-refractivity contribution < 1.29 is 9.21 Å². The lowest BCUT2D eigenvalue weighted by Crippen LogP contribution is -2.33. The van der Waals surface area contributed by atoms with Gasteiger partial charge in [-0.2, -0.15) is 0 Å². The normalized spacial score (nSPS) is 11.2. The zero-order valence-corrected chi connectivity index (χ0v) is 16.1. The number of hydrogen-bond acceptors (Lipinski definition) is 4. The maximum atomic E-state index is 12.8. The Kier molecular flexibility index (Phi) is 4.47. The number of nitrogens with zero attached hydrogens (tertiary/aromatic N) is 3. The molecule has 0 aliphatic carbocycles. The average molecular weight is 375 g/mol. The minimum atomic E-state index is -0.352. The van der Waals surface area contributed by atoms with E-state index >= 15 is 0 Å². The third-order valence-electron chi connectivity index (χ3n) is 4.99. The summed E-state index contributed by atoms with van der Waals surface area (Å²) in [7, 11) is 1.74. The van der Waals surface area contributed by atoms with E-state index in [9.17, 15) is 9.59 Å². The Balaban J connectivity index is 1.58. The number of carbonyl (C=O) groups excluding carboxylic acids is 1. The summed E-state index contributed by atoms with van der Waals surface area (Å²) in [5.41, 5.74) is 4.36. The summed E-state index contributed by atoms with van der Waals surface area (Å²) in [6, 6.07) is 13.5. The van der Waals surface area contributed by atoms with Crippen LogP contribution in [0, 0.1) is 13.8 Å². The third-order valence-corrected chi connectivity index (χ3v) is 4.99. The highest BCUT2D eigenvalue weighted by Crippen LogP contribution is 2.24. The van der Waals surface area contributed by atoms with E-state index in [1.807, 2.05) is 44.2 Å². The molecule has 6 heteroatoms. The largest absolute Gasteiger partial charge is 0.448 e. The van der Waals surface area contributed by atoms with E-state index < -0.39 is 0 Å². The zero-order valence-electron chi connectivity index (χ0n) is 16.1. The van der Waals surface area contributed by atoms with Crippen LogP contribution in [0.25, 0.3) is 22.1 Å². The number of benzene rings is 2. The number of aryl methyl sites for hydroxylation is 2. The van der Waals surface area contributed by atoms with Crippen LogP contribution in [0.15, 0.2) is 58.0 Å². The van der Waals surface area contributed by atoms with Gasteiger partial charge in [0, 0.05) is 19.0 Å². The Morgan fingerprint density at radius 1 is 1.18 bits per heavy atom. The molecule has 0 N–H and O–H groups in total. The fraction of sp³-hybridized carbons (Fsp3) is 0.227. The monoisotopic (exact) mass is 375 g/mol. The second kappa shape index (κ2) is 6.96. The molecule has 1 amide bonds. The van der Waals surface area contributed by atoms with Gasteiger partial charge in [-0.05, 0) is 37.1 Å². The summed E-state index contributed by atoms with van der Waals surface area (Å²) in [6.45, 7) is 4.48. The Morgan fingerprint density at radius 3 is 2.75 bits per heavy atom. The van der Waals surface area contributed by atoms with Gasteiger partial charge in [0.1, 0.15) is 17.6 Å². The lowest BCUT2D eigenvalue weighted by molar-refractivity contribution is -0.131. The van der Waals surface area contributed by atoms with Crippen molar-refractivity contribution in [1.82, 2.24) is 14.5 Å². The minimum Gasteiger partial charge on any atom is -0.448 e. The van der Waals surface area contributed by atoms with Crippen LogP contribution in [0.2, 0.25) is 0 Å². The summed E-state index contributed by atoms with van der Waals surface area (Å²) in [5, 5.41) is 0.792. The molecule has 2 heterocycles. The number of aromatic nitrogens is 2. The van der Waals surface area contributed by atoms with Gasteiger partial charge in [0.05, 0.1) is 6.33 Å². The van der Waals surface area contributed by atoms with Crippen molar-refractivity contribution in [3.8, 4) is 0 Å². The lowest BCUT2D eigenvalue weighted by Gasteiger charge is -2.19. The Hall–Kier alpha value is -3.41. The zero-order chi connectivity index (χ0) is 19.8. The van der Waals surface area contributed by atoms with Crippen molar-refractivity contribution in [1.29, 1.82) is 0 Å². The molecule has 0 saturated heterocycles. The van der Waals surface area contributed by atoms with Crippen molar-refractivity contribution in [2.24, 2.45) is 0 Å². The molecule has 0 spiro atoms. The molecule has 0 bridgehead atoms. The molecule has 2 aromatic heterocycles. The molecule has 0 aliphatic heterocycles. The molecule has 0 unspecified atom stereocenters. The summed E-state index contributed by atoms with van der Waals surface area (Å²) >= 11 is 0. The highest BCUT2D eigenvalue weighted by atomic mass is 16.3. The average Bonchev–Trinajstić information content (AvgIpc) is 3.05. The van der Waals surface area contributed by atoms with Crippen molar-refractivity contribution in [2.75, 3.05) is 7.05 Å². The topological polar surface area (TPSA) is 68.3 Å². The molecule has 6 nitrogen and oxygen atoms in total. The van der Waals surface area contributed by atoms with Gasteiger partial charge in [-0.1, -0.05) is 35.9 Å². The molecule has 0 saturated carbocycles. The molecule has 28 heavy (non-hydrogen) atoms. The summed E-state index contributed by atoms with van der Waals surface area (Å²) < 4.78 is 6.96. The molecule has 0 fully saturated rings. The number of carbonyl (C=O) groups is 1. The van der Waals surface area contributed by atoms with E-state index in [0.717, 1.165) is 16.5 Å². The van der Waals surface area contributed by atoms with Crippen LogP contribution in [0.3, 0.4) is 0 Å². The summed E-state index contributed by atoms with van der Waals surface area (Å²) in [4.78, 5) is 31.4. The molecule has 0 aliphatic rings. The van der Waals surface area contributed by atoms with Gasteiger partial charge >= 0.3 is 0 Å². The number of amides is 1. The van der Waals surface area contributed by atoms with Gasteiger partial charge in [0.25, 0.3) is 5.56 Å². The van der Waals surface area contributed by atoms with Gasteiger partial charge in [0.15, 0.2) is 0 Å². The molecule has 2 aromatic carbocycles. The van der Waals surface area contributed by atoms with Crippen LogP contribution in [-0.2, 0) is 17.9 Å². The fourth-order valence-corrected chi connectivity index (χ4v) is 3.36. The molecule has 4 rings (SSSR count). The van der Waals surface area contributed by atoms with E-state index in [0.29, 0.717) is 17.6 Å². The molecule has 142 valence electrons. The van der Waals surface area contributed by atoms with Gasteiger partial charge in [-0.15, -0.1) is 0 Å². The molecule has 4 aromatic rings. The van der Waals surface area contributed by atoms with Crippen LogP contribution >= 0.6 is 0 Å². The molecule has 0 atom stereocenters. The number of para-hydroxylation sites is 1. The van der Waals surface area contributed by atoms with Gasteiger partial charge in [-0.25, -0.2) is 4.98 Å². The smallest absolute Gasteiger partial charge is 0.297 e. The van der Waals surface area contributed by atoms with Crippen LogP contribution < -0.4 is 5.56 Å². The predicted octanol–water partition coefficient (Wildman–Crippen LogP) is 3.42. The van der Waals surface area contributed by atoms with E-state index in [1.54, 1.807) is 18.0 Å². The quantitative estimate of drug-likeness (QED) is 0.548. The van der Waals surface area contributed by atoms with Crippen LogP contribution in [0.5, 0.6) is 0 Å². The maximum absolute atomic E-state index is 12.8.